The molecule has 1 N–H and O–H groups in total. The molecule has 1 atom stereocenters. The van der Waals surface area contributed by atoms with Gasteiger partial charge in [0.1, 0.15) is 0 Å². The van der Waals surface area contributed by atoms with Gasteiger partial charge in [0.15, 0.2) is 0 Å². The molecular formula is C25H28N4O. The molecule has 4 rings (SSSR count). The van der Waals surface area contributed by atoms with Crippen molar-refractivity contribution in [2.45, 2.75) is 25.8 Å². The maximum absolute atomic E-state index is 13.0. The van der Waals surface area contributed by atoms with Gasteiger partial charge < -0.3 is 5.32 Å². The van der Waals surface area contributed by atoms with Gasteiger partial charge in [-0.3, -0.25) is 19.7 Å². The van der Waals surface area contributed by atoms with Crippen LogP contribution in [0.15, 0.2) is 73.3 Å². The molecule has 0 aliphatic carbocycles. The van der Waals surface area contributed by atoms with Crippen LogP contribution in [0.4, 0.5) is 0 Å². The van der Waals surface area contributed by atoms with E-state index in [2.05, 4.69) is 50.5 Å². The zero-order valence-electron chi connectivity index (χ0n) is 17.4. The van der Waals surface area contributed by atoms with Gasteiger partial charge in [-0.25, -0.2) is 0 Å². The Kier molecular flexibility index (Phi) is 6.19. The average molecular weight is 401 g/mol. The second-order valence-electron chi connectivity index (χ2n) is 8.14. The molecule has 30 heavy (non-hydrogen) atoms. The lowest BCUT2D eigenvalue weighted by Crippen LogP contribution is -2.52. The van der Waals surface area contributed by atoms with E-state index in [1.54, 1.807) is 13.2 Å². The van der Waals surface area contributed by atoms with Crippen molar-refractivity contribution in [3.05, 3.63) is 84.4 Å². The van der Waals surface area contributed by atoms with Gasteiger partial charge in [0.05, 0.1) is 5.41 Å². The fourth-order valence-electron chi connectivity index (χ4n) is 4.54. The fraction of sp³-hybridized carbons (Fsp3) is 0.320. The highest BCUT2D eigenvalue weighted by molar-refractivity contribution is 5.83. The van der Waals surface area contributed by atoms with Crippen molar-refractivity contribution in [3.8, 4) is 11.1 Å². The lowest BCUT2D eigenvalue weighted by Gasteiger charge is -2.41. The van der Waals surface area contributed by atoms with Gasteiger partial charge in [-0.05, 0) is 66.3 Å². The second kappa shape index (κ2) is 9.18. The predicted octanol–water partition coefficient (Wildman–Crippen LogP) is 3.71. The van der Waals surface area contributed by atoms with E-state index in [9.17, 15) is 4.79 Å². The van der Waals surface area contributed by atoms with Crippen molar-refractivity contribution in [1.29, 1.82) is 0 Å². The van der Waals surface area contributed by atoms with E-state index in [4.69, 9.17) is 0 Å². The molecule has 0 bridgehead atoms. The first-order valence-corrected chi connectivity index (χ1v) is 10.5. The molecule has 0 saturated carbocycles. The van der Waals surface area contributed by atoms with Crippen LogP contribution in [0.1, 0.15) is 24.0 Å². The smallest absolute Gasteiger partial charge is 0.227 e. The molecule has 5 nitrogen and oxygen atoms in total. The molecule has 1 aromatic carbocycles. The lowest BCUT2D eigenvalue weighted by molar-refractivity contribution is -0.134. The fourth-order valence-corrected chi connectivity index (χ4v) is 4.54. The van der Waals surface area contributed by atoms with E-state index in [0.29, 0.717) is 0 Å². The molecule has 1 saturated heterocycles. The molecule has 0 radical (unpaired) electrons. The summed E-state index contributed by atoms with van der Waals surface area (Å²) in [6.07, 6.45) is 9.99. The molecule has 1 aliphatic heterocycles. The van der Waals surface area contributed by atoms with Gasteiger partial charge in [0, 0.05) is 44.9 Å². The van der Waals surface area contributed by atoms with Crippen molar-refractivity contribution in [3.63, 3.8) is 0 Å². The molecule has 0 unspecified atom stereocenters. The number of carbonyl (C=O) groups excluding carboxylic acids is 1. The van der Waals surface area contributed by atoms with Gasteiger partial charge in [0.25, 0.3) is 0 Å². The van der Waals surface area contributed by atoms with E-state index in [1.165, 1.54) is 11.1 Å². The summed E-state index contributed by atoms with van der Waals surface area (Å²) in [5.74, 6) is 0.136. The summed E-state index contributed by atoms with van der Waals surface area (Å²) in [6, 6.07) is 16.7. The molecule has 154 valence electrons. The van der Waals surface area contributed by atoms with E-state index >= 15 is 0 Å². The monoisotopic (exact) mass is 400 g/mol. The maximum Gasteiger partial charge on any atom is 0.227 e. The first-order valence-electron chi connectivity index (χ1n) is 10.5. The van der Waals surface area contributed by atoms with Crippen LogP contribution in [0.3, 0.4) is 0 Å². The van der Waals surface area contributed by atoms with E-state index in [-0.39, 0.29) is 5.91 Å². The van der Waals surface area contributed by atoms with Crippen molar-refractivity contribution in [2.24, 2.45) is 5.41 Å². The van der Waals surface area contributed by atoms with Crippen molar-refractivity contribution >= 4 is 5.91 Å². The number of carbonyl (C=O) groups is 1. The van der Waals surface area contributed by atoms with E-state index in [1.807, 2.05) is 36.8 Å². The molecule has 3 heterocycles. The van der Waals surface area contributed by atoms with Crippen LogP contribution < -0.4 is 5.32 Å². The summed E-state index contributed by atoms with van der Waals surface area (Å²) in [7, 11) is 1.75. The van der Waals surface area contributed by atoms with Gasteiger partial charge >= 0.3 is 0 Å². The number of aromatic nitrogens is 2. The number of benzene rings is 1. The Morgan fingerprint density at radius 3 is 2.47 bits per heavy atom. The van der Waals surface area contributed by atoms with Gasteiger partial charge in [-0.1, -0.05) is 30.3 Å². The number of likely N-dealkylation sites (tertiary alicyclic amines) is 1. The van der Waals surface area contributed by atoms with Crippen LogP contribution in [0.5, 0.6) is 0 Å². The number of hydrogen-bond donors (Lipinski definition) is 1. The summed E-state index contributed by atoms with van der Waals surface area (Å²) >= 11 is 0. The van der Waals surface area contributed by atoms with Crippen LogP contribution in [-0.2, 0) is 17.8 Å². The number of nitrogens with one attached hydrogen (secondary N) is 1. The average Bonchev–Trinajstić information content (AvgIpc) is 2.80. The molecule has 1 amide bonds. The van der Waals surface area contributed by atoms with Crippen LogP contribution in [0.25, 0.3) is 11.1 Å². The summed E-state index contributed by atoms with van der Waals surface area (Å²) in [5.41, 5.74) is 4.29. The van der Waals surface area contributed by atoms with Crippen LogP contribution in [-0.4, -0.2) is 40.9 Å². The normalized spacial score (nSPS) is 19.4. The summed E-state index contributed by atoms with van der Waals surface area (Å²) in [5, 5.41) is 2.93. The molecule has 5 heteroatoms. The topological polar surface area (TPSA) is 58.1 Å². The number of rotatable bonds is 6. The Hall–Kier alpha value is -3.05. The number of nitrogens with zero attached hydrogens (tertiary/aromatic N) is 3. The highest BCUT2D eigenvalue weighted by Crippen LogP contribution is 2.35. The zero-order valence-corrected chi connectivity index (χ0v) is 17.4. The van der Waals surface area contributed by atoms with E-state index in [0.717, 1.165) is 50.0 Å². The maximum atomic E-state index is 13.0. The molecule has 1 fully saturated rings. The molecular weight excluding hydrogens is 372 g/mol. The van der Waals surface area contributed by atoms with Crippen molar-refractivity contribution < 1.29 is 4.79 Å². The van der Waals surface area contributed by atoms with Crippen LogP contribution in [0.2, 0.25) is 0 Å². The number of pyridine rings is 2. The Morgan fingerprint density at radius 1 is 1.00 bits per heavy atom. The number of amides is 1. The Bertz CT molecular complexity index is 959. The first kappa shape index (κ1) is 20.2. The Morgan fingerprint density at radius 2 is 1.77 bits per heavy atom. The Balaban J connectivity index is 1.52. The third kappa shape index (κ3) is 4.57. The number of hydrogen-bond acceptors (Lipinski definition) is 4. The first-order chi connectivity index (χ1) is 14.7. The summed E-state index contributed by atoms with van der Waals surface area (Å²) < 4.78 is 0. The molecule has 2 aromatic heterocycles. The predicted molar refractivity (Wildman–Crippen MR) is 119 cm³/mol. The SMILES string of the molecule is CNC(=O)[C@]1(Cc2ccc(-c3ccncc3)cc2)CCCN(Cc2cccnc2)C1. The largest absolute Gasteiger partial charge is 0.359 e. The number of piperidine rings is 1. The Labute approximate surface area is 178 Å². The van der Waals surface area contributed by atoms with Gasteiger partial charge in [-0.2, -0.15) is 0 Å². The highest BCUT2D eigenvalue weighted by Gasteiger charge is 2.41. The van der Waals surface area contributed by atoms with Crippen molar-refractivity contribution in [2.75, 3.05) is 20.1 Å². The van der Waals surface area contributed by atoms with Crippen LogP contribution >= 0.6 is 0 Å². The summed E-state index contributed by atoms with van der Waals surface area (Å²) in [6.45, 7) is 2.59. The molecule has 1 aliphatic rings. The standard InChI is InChI=1S/C25H28N4O/c1-26-24(30)25(11-3-15-29(19-25)18-21-4-2-12-28-17-21)16-20-5-7-22(8-6-20)23-9-13-27-14-10-23/h2,4-10,12-14,17H,3,11,15-16,18-19H2,1H3,(H,26,30)/t25-/m0/s1. The highest BCUT2D eigenvalue weighted by atomic mass is 16.2. The molecule has 0 spiro atoms. The molecule has 3 aromatic rings. The second-order valence-corrected chi connectivity index (χ2v) is 8.14. The van der Waals surface area contributed by atoms with Gasteiger partial charge in [-0.15, -0.1) is 0 Å². The minimum atomic E-state index is -0.409. The summed E-state index contributed by atoms with van der Waals surface area (Å²) in [4.78, 5) is 23.7. The van der Waals surface area contributed by atoms with Crippen LogP contribution in [0, 0.1) is 5.41 Å². The van der Waals surface area contributed by atoms with E-state index < -0.39 is 5.41 Å². The van der Waals surface area contributed by atoms with Crippen molar-refractivity contribution in [1.82, 2.24) is 20.2 Å². The minimum absolute atomic E-state index is 0.136. The van der Waals surface area contributed by atoms with Gasteiger partial charge in [0.2, 0.25) is 5.91 Å². The third-order valence-corrected chi connectivity index (χ3v) is 6.00. The quantitative estimate of drug-likeness (QED) is 0.685. The third-order valence-electron chi connectivity index (χ3n) is 6.00. The minimum Gasteiger partial charge on any atom is -0.359 e. The zero-order chi connectivity index (χ0) is 20.8. The lowest BCUT2D eigenvalue weighted by atomic mass is 9.74.